The monoisotopic (exact) mass is 393 g/mol. The Bertz CT molecular complexity index is 873. The van der Waals surface area contributed by atoms with Crippen molar-refractivity contribution < 1.29 is 22.0 Å². The van der Waals surface area contributed by atoms with E-state index in [-0.39, 0.29) is 17.1 Å². The first-order valence-electron chi connectivity index (χ1n) is 6.56. The Morgan fingerprint density at radius 1 is 1.12 bits per heavy atom. The molecule has 24 heavy (non-hydrogen) atoms. The topological polar surface area (TPSA) is 63.2 Å². The van der Waals surface area contributed by atoms with Gasteiger partial charge in [0.15, 0.2) is 0 Å². The molecule has 0 aliphatic heterocycles. The number of anilines is 1. The molecular weight excluding hydrogens is 383 g/mol. The van der Waals surface area contributed by atoms with E-state index >= 15 is 0 Å². The molecule has 1 amide bonds. The normalized spacial score (nSPS) is 11.5. The lowest BCUT2D eigenvalue weighted by Gasteiger charge is -2.11. The van der Waals surface area contributed by atoms with Crippen molar-refractivity contribution in [2.75, 3.05) is 5.32 Å². The molecule has 128 valence electrons. The van der Waals surface area contributed by atoms with Crippen LogP contribution in [0.3, 0.4) is 0 Å². The smallest absolute Gasteiger partial charge is 0.325 e. The summed E-state index contributed by atoms with van der Waals surface area (Å²) in [6, 6.07) is 9.51. The van der Waals surface area contributed by atoms with E-state index in [9.17, 15) is 22.0 Å². The molecule has 0 unspecified atom stereocenters. The van der Waals surface area contributed by atoms with Crippen LogP contribution in [0.1, 0.15) is 5.56 Å². The SMILES string of the molecule is O=C(Cc1ccc(Cl)cc1Cl)Nc1ccccc1S(=O)(=O)C(F)F. The predicted octanol–water partition coefficient (Wildman–Crippen LogP) is 4.17. The van der Waals surface area contributed by atoms with E-state index in [1.165, 1.54) is 24.3 Å². The zero-order valence-electron chi connectivity index (χ0n) is 12.0. The number of hydrogen-bond donors (Lipinski definition) is 1. The zero-order chi connectivity index (χ0) is 17.9. The number of amides is 1. The summed E-state index contributed by atoms with van der Waals surface area (Å²) >= 11 is 11.7. The van der Waals surface area contributed by atoms with Gasteiger partial charge in [0.2, 0.25) is 15.7 Å². The third-order valence-corrected chi connectivity index (χ3v) is 5.09. The fraction of sp³-hybridized carbons (Fsp3) is 0.133. The number of benzene rings is 2. The summed E-state index contributed by atoms with van der Waals surface area (Å²) in [6.45, 7) is 0. The second-order valence-electron chi connectivity index (χ2n) is 4.76. The largest absolute Gasteiger partial charge is 0.341 e. The minimum absolute atomic E-state index is 0.168. The van der Waals surface area contributed by atoms with Crippen molar-refractivity contribution in [2.45, 2.75) is 17.1 Å². The maximum absolute atomic E-state index is 12.7. The molecule has 9 heteroatoms. The number of halogens is 4. The number of hydrogen-bond acceptors (Lipinski definition) is 3. The van der Waals surface area contributed by atoms with Crippen molar-refractivity contribution in [1.29, 1.82) is 0 Å². The van der Waals surface area contributed by atoms with E-state index in [1.54, 1.807) is 12.1 Å². The number of rotatable bonds is 5. The highest BCUT2D eigenvalue weighted by molar-refractivity contribution is 7.91. The summed E-state index contributed by atoms with van der Waals surface area (Å²) in [5.41, 5.74) is 0.251. The van der Waals surface area contributed by atoms with Gasteiger partial charge in [0.05, 0.1) is 17.0 Å². The summed E-state index contributed by atoms with van der Waals surface area (Å²) in [6.07, 6.45) is -0.168. The number of para-hydroxylation sites is 1. The number of carbonyl (C=O) groups excluding carboxylic acids is 1. The molecule has 0 aliphatic carbocycles. The highest BCUT2D eigenvalue weighted by atomic mass is 35.5. The van der Waals surface area contributed by atoms with Crippen molar-refractivity contribution in [3.05, 3.63) is 58.1 Å². The average molecular weight is 394 g/mol. The van der Waals surface area contributed by atoms with Gasteiger partial charge in [0, 0.05) is 10.0 Å². The summed E-state index contributed by atoms with van der Waals surface area (Å²) in [5.74, 6) is -4.18. The summed E-state index contributed by atoms with van der Waals surface area (Å²) in [4.78, 5) is 11.4. The number of sulfone groups is 1. The van der Waals surface area contributed by atoms with Crippen LogP contribution in [0, 0.1) is 0 Å². The van der Waals surface area contributed by atoms with Crippen LogP contribution in [-0.2, 0) is 21.1 Å². The highest BCUT2D eigenvalue weighted by Crippen LogP contribution is 2.27. The van der Waals surface area contributed by atoms with E-state index in [0.29, 0.717) is 10.6 Å². The van der Waals surface area contributed by atoms with Crippen LogP contribution in [0.25, 0.3) is 0 Å². The molecular formula is C15H11Cl2F2NO3S. The molecule has 0 radical (unpaired) electrons. The minimum atomic E-state index is -4.83. The van der Waals surface area contributed by atoms with Crippen molar-refractivity contribution in [3.8, 4) is 0 Å². The molecule has 4 nitrogen and oxygen atoms in total. The van der Waals surface area contributed by atoms with Crippen LogP contribution in [0.15, 0.2) is 47.4 Å². The molecule has 0 fully saturated rings. The average Bonchev–Trinajstić information content (AvgIpc) is 2.50. The number of alkyl halides is 2. The van der Waals surface area contributed by atoms with Crippen molar-refractivity contribution in [1.82, 2.24) is 0 Å². The van der Waals surface area contributed by atoms with Gasteiger partial charge in [-0.05, 0) is 29.8 Å². The molecule has 2 aromatic rings. The summed E-state index contributed by atoms with van der Waals surface area (Å²) in [7, 11) is -4.83. The predicted molar refractivity (Wildman–Crippen MR) is 88.4 cm³/mol. The molecule has 0 saturated carbocycles. The van der Waals surface area contributed by atoms with Gasteiger partial charge in [0.1, 0.15) is 0 Å². The third-order valence-electron chi connectivity index (χ3n) is 3.07. The van der Waals surface area contributed by atoms with Gasteiger partial charge >= 0.3 is 5.76 Å². The molecule has 0 aliphatic rings. The van der Waals surface area contributed by atoms with Crippen LogP contribution in [0.2, 0.25) is 10.0 Å². The second-order valence-corrected chi connectivity index (χ2v) is 7.49. The lowest BCUT2D eigenvalue weighted by atomic mass is 10.1. The molecule has 2 rings (SSSR count). The van der Waals surface area contributed by atoms with Gasteiger partial charge in [-0.2, -0.15) is 8.78 Å². The fourth-order valence-corrected chi connectivity index (χ4v) is 3.31. The second kappa shape index (κ2) is 7.46. The molecule has 0 saturated heterocycles. The first kappa shape index (κ1) is 18.6. The first-order valence-corrected chi connectivity index (χ1v) is 8.87. The molecule has 0 atom stereocenters. The Hall–Kier alpha value is -1.70. The molecule has 0 aromatic heterocycles. The summed E-state index contributed by atoms with van der Waals surface area (Å²) < 4.78 is 48.7. The molecule has 2 aromatic carbocycles. The van der Waals surface area contributed by atoms with Crippen LogP contribution >= 0.6 is 23.2 Å². The Morgan fingerprint density at radius 2 is 1.79 bits per heavy atom. The van der Waals surface area contributed by atoms with Crippen LogP contribution in [-0.4, -0.2) is 20.1 Å². The maximum Gasteiger partial charge on any atom is 0.341 e. The zero-order valence-corrected chi connectivity index (χ0v) is 14.3. The van der Waals surface area contributed by atoms with Gasteiger partial charge in [-0.15, -0.1) is 0 Å². The van der Waals surface area contributed by atoms with Gasteiger partial charge in [-0.3, -0.25) is 4.79 Å². The van der Waals surface area contributed by atoms with Crippen LogP contribution in [0.5, 0.6) is 0 Å². The number of nitrogens with one attached hydrogen (secondary N) is 1. The van der Waals surface area contributed by atoms with Crippen LogP contribution < -0.4 is 5.32 Å². The van der Waals surface area contributed by atoms with Gasteiger partial charge < -0.3 is 5.32 Å². The van der Waals surface area contributed by atoms with E-state index in [2.05, 4.69) is 5.32 Å². The first-order chi connectivity index (χ1) is 11.2. The molecule has 0 heterocycles. The molecule has 1 N–H and O–H groups in total. The van der Waals surface area contributed by atoms with Gasteiger partial charge in [-0.25, -0.2) is 8.42 Å². The standard InChI is InChI=1S/C15H11Cl2F2NO3S/c16-10-6-5-9(11(17)8-10)7-14(21)20-12-3-1-2-4-13(12)24(22,23)15(18)19/h1-6,8,15H,7H2,(H,20,21). The van der Waals surface area contributed by atoms with E-state index < -0.39 is 26.4 Å². The highest BCUT2D eigenvalue weighted by Gasteiger charge is 2.29. The van der Waals surface area contributed by atoms with E-state index in [1.807, 2.05) is 0 Å². The van der Waals surface area contributed by atoms with Gasteiger partial charge in [0.25, 0.3) is 0 Å². The lowest BCUT2D eigenvalue weighted by molar-refractivity contribution is -0.115. The van der Waals surface area contributed by atoms with Gasteiger partial charge in [-0.1, -0.05) is 41.4 Å². The Labute approximate surface area is 147 Å². The lowest BCUT2D eigenvalue weighted by Crippen LogP contribution is -2.19. The Balaban J connectivity index is 2.24. The Kier molecular flexibility index (Phi) is 5.79. The fourth-order valence-electron chi connectivity index (χ4n) is 1.95. The quantitative estimate of drug-likeness (QED) is 0.828. The third kappa shape index (κ3) is 4.23. The van der Waals surface area contributed by atoms with Crippen molar-refractivity contribution in [2.24, 2.45) is 0 Å². The van der Waals surface area contributed by atoms with E-state index in [0.717, 1.165) is 6.07 Å². The molecule has 0 spiro atoms. The maximum atomic E-state index is 12.7. The number of carbonyl (C=O) groups is 1. The van der Waals surface area contributed by atoms with Crippen molar-refractivity contribution >= 4 is 44.6 Å². The molecule has 0 bridgehead atoms. The summed E-state index contributed by atoms with van der Waals surface area (Å²) in [5, 5.41) is 2.99. The van der Waals surface area contributed by atoms with E-state index in [4.69, 9.17) is 23.2 Å². The van der Waals surface area contributed by atoms with Crippen LogP contribution in [0.4, 0.5) is 14.5 Å². The van der Waals surface area contributed by atoms with Crippen molar-refractivity contribution in [3.63, 3.8) is 0 Å². The minimum Gasteiger partial charge on any atom is -0.325 e. The Morgan fingerprint density at radius 3 is 2.42 bits per heavy atom.